The monoisotopic (exact) mass is 280 g/mol. The first kappa shape index (κ1) is 12.5. The summed E-state index contributed by atoms with van der Waals surface area (Å²) in [5.41, 5.74) is 0. The molecule has 0 radical (unpaired) electrons. The summed E-state index contributed by atoms with van der Waals surface area (Å²) in [4.78, 5) is 3.64. The number of nitrogens with zero attached hydrogens (tertiary/aromatic N) is 2. The van der Waals surface area contributed by atoms with E-state index in [4.69, 9.17) is 5.14 Å². The maximum atomic E-state index is 11.8. The van der Waals surface area contributed by atoms with Gasteiger partial charge in [0, 0.05) is 0 Å². The molecule has 3 N–H and O–H groups in total. The van der Waals surface area contributed by atoms with E-state index in [9.17, 15) is 16.8 Å². The fraction of sp³-hybridized carbons (Fsp3) is 0.714. The summed E-state index contributed by atoms with van der Waals surface area (Å²) < 4.78 is 45.5. The highest BCUT2D eigenvalue weighted by Gasteiger charge is 2.33. The number of sulfonamides is 1. The molecule has 1 aromatic heterocycles. The van der Waals surface area contributed by atoms with Crippen molar-refractivity contribution in [3.8, 4) is 0 Å². The lowest BCUT2D eigenvalue weighted by molar-refractivity contribution is 0.538. The van der Waals surface area contributed by atoms with Gasteiger partial charge in [0.1, 0.15) is 11.1 Å². The number of hydrogen-bond donors (Lipinski definition) is 2. The molecule has 2 rings (SSSR count). The maximum Gasteiger partial charge on any atom is 0.282 e. The summed E-state index contributed by atoms with van der Waals surface area (Å²) >= 11 is 0. The van der Waals surface area contributed by atoms with E-state index >= 15 is 0 Å². The van der Waals surface area contributed by atoms with Crippen molar-refractivity contribution in [3.05, 3.63) is 5.82 Å². The molecule has 2 heterocycles. The van der Waals surface area contributed by atoms with E-state index in [2.05, 4.69) is 15.2 Å². The molecule has 1 unspecified atom stereocenters. The van der Waals surface area contributed by atoms with Gasteiger partial charge >= 0.3 is 0 Å². The molecule has 0 bridgehead atoms. The van der Waals surface area contributed by atoms with Gasteiger partial charge in [-0.15, -0.1) is 5.10 Å². The van der Waals surface area contributed by atoms with Crippen molar-refractivity contribution >= 4 is 19.9 Å². The highest BCUT2D eigenvalue weighted by molar-refractivity contribution is 7.91. The Morgan fingerprint density at radius 2 is 2.06 bits per heavy atom. The summed E-state index contributed by atoms with van der Waals surface area (Å²) in [6.07, 6.45) is 1.80. The molecule has 17 heavy (non-hydrogen) atoms. The molecule has 10 heteroatoms. The van der Waals surface area contributed by atoms with Crippen LogP contribution >= 0.6 is 0 Å². The summed E-state index contributed by atoms with van der Waals surface area (Å²) in [6, 6.07) is 0. The Kier molecular flexibility index (Phi) is 2.96. The second kappa shape index (κ2) is 4.03. The van der Waals surface area contributed by atoms with Crippen LogP contribution in [-0.2, 0) is 19.9 Å². The third-order valence-corrected chi connectivity index (χ3v) is 5.50. The average Bonchev–Trinajstić information content (AvgIpc) is 2.65. The fourth-order valence-electron chi connectivity index (χ4n) is 1.79. The molecule has 1 aliphatic rings. The van der Waals surface area contributed by atoms with Crippen LogP contribution in [0.1, 0.15) is 30.3 Å². The van der Waals surface area contributed by atoms with E-state index in [1.165, 1.54) is 0 Å². The summed E-state index contributed by atoms with van der Waals surface area (Å²) in [5, 5.41) is 9.22. The van der Waals surface area contributed by atoms with Crippen LogP contribution in [0, 0.1) is 0 Å². The van der Waals surface area contributed by atoms with E-state index < -0.39 is 30.3 Å². The first-order valence-corrected chi connectivity index (χ1v) is 8.23. The van der Waals surface area contributed by atoms with Gasteiger partial charge in [0.25, 0.3) is 15.2 Å². The summed E-state index contributed by atoms with van der Waals surface area (Å²) in [6.45, 7) is 0. The molecule has 0 aromatic carbocycles. The standard InChI is InChI=1S/C7H12N4O4S2/c8-17(14,15)7-9-6(10-11-7)5-3-1-2-4-16(5,12)13/h5H,1-4H2,(H2,8,14,15)(H,9,10,11). The van der Waals surface area contributed by atoms with Crippen LogP contribution < -0.4 is 5.14 Å². The number of aromatic nitrogens is 3. The molecule has 1 saturated heterocycles. The van der Waals surface area contributed by atoms with Gasteiger partial charge < -0.3 is 0 Å². The quantitative estimate of drug-likeness (QED) is 0.719. The largest absolute Gasteiger partial charge is 0.282 e. The van der Waals surface area contributed by atoms with Crippen molar-refractivity contribution in [1.82, 2.24) is 15.2 Å². The van der Waals surface area contributed by atoms with Crippen LogP contribution in [0.2, 0.25) is 0 Å². The summed E-state index contributed by atoms with van der Waals surface area (Å²) in [5.74, 6) is 0.136. The molecule has 0 amide bonds. The molecular formula is C7H12N4O4S2. The molecule has 0 aliphatic carbocycles. The molecule has 8 nitrogen and oxygen atoms in total. The Morgan fingerprint density at radius 1 is 1.35 bits per heavy atom. The van der Waals surface area contributed by atoms with Crippen molar-refractivity contribution in [3.63, 3.8) is 0 Å². The lowest BCUT2D eigenvalue weighted by Crippen LogP contribution is -2.22. The minimum absolute atomic E-state index is 0.0497. The van der Waals surface area contributed by atoms with Crippen molar-refractivity contribution < 1.29 is 16.8 Å². The van der Waals surface area contributed by atoms with Crippen LogP contribution in [0.15, 0.2) is 5.16 Å². The lowest BCUT2D eigenvalue weighted by atomic mass is 10.2. The van der Waals surface area contributed by atoms with Crippen LogP contribution in [0.4, 0.5) is 0 Å². The second-order valence-electron chi connectivity index (χ2n) is 3.90. The number of sulfone groups is 1. The van der Waals surface area contributed by atoms with Crippen molar-refractivity contribution in [2.45, 2.75) is 29.7 Å². The Hall–Kier alpha value is -1.00. The van der Waals surface area contributed by atoms with E-state index in [-0.39, 0.29) is 11.6 Å². The minimum atomic E-state index is -4.01. The third-order valence-electron chi connectivity index (χ3n) is 2.62. The molecule has 0 saturated carbocycles. The topological polar surface area (TPSA) is 136 Å². The zero-order chi connectivity index (χ0) is 12.7. The van der Waals surface area contributed by atoms with Crippen molar-refractivity contribution in [2.75, 3.05) is 5.75 Å². The number of nitrogens with one attached hydrogen (secondary N) is 1. The van der Waals surface area contributed by atoms with Gasteiger partial charge in [0.15, 0.2) is 9.84 Å². The predicted octanol–water partition coefficient (Wildman–Crippen LogP) is -0.908. The van der Waals surface area contributed by atoms with Crippen LogP contribution in [0.5, 0.6) is 0 Å². The number of rotatable bonds is 2. The van der Waals surface area contributed by atoms with Gasteiger partial charge in [-0.25, -0.2) is 22.0 Å². The third kappa shape index (κ3) is 2.48. The smallest absolute Gasteiger partial charge is 0.261 e. The van der Waals surface area contributed by atoms with Crippen molar-refractivity contribution in [2.24, 2.45) is 5.14 Å². The molecule has 1 atom stereocenters. The van der Waals surface area contributed by atoms with E-state index in [1.807, 2.05) is 0 Å². The van der Waals surface area contributed by atoms with Crippen LogP contribution in [-0.4, -0.2) is 37.8 Å². The summed E-state index contributed by atoms with van der Waals surface area (Å²) in [7, 11) is -7.28. The van der Waals surface area contributed by atoms with E-state index in [0.717, 1.165) is 6.42 Å². The highest BCUT2D eigenvalue weighted by Crippen LogP contribution is 2.31. The first-order valence-electron chi connectivity index (χ1n) is 4.97. The molecule has 0 spiro atoms. The number of H-pyrrole nitrogens is 1. The van der Waals surface area contributed by atoms with Gasteiger partial charge in [-0.05, 0) is 12.8 Å². The van der Waals surface area contributed by atoms with Crippen molar-refractivity contribution in [1.29, 1.82) is 0 Å². The maximum absolute atomic E-state index is 11.8. The molecule has 96 valence electrons. The van der Waals surface area contributed by atoms with Crippen LogP contribution in [0.25, 0.3) is 0 Å². The lowest BCUT2D eigenvalue weighted by Gasteiger charge is -2.19. The van der Waals surface area contributed by atoms with Crippen LogP contribution in [0.3, 0.4) is 0 Å². The molecule has 1 aliphatic heterocycles. The second-order valence-corrected chi connectivity index (χ2v) is 7.66. The Morgan fingerprint density at radius 3 is 2.59 bits per heavy atom. The van der Waals surface area contributed by atoms with E-state index in [0.29, 0.717) is 12.8 Å². The van der Waals surface area contributed by atoms with Gasteiger partial charge in [-0.1, -0.05) is 6.42 Å². The molecular weight excluding hydrogens is 268 g/mol. The molecule has 1 aromatic rings. The minimum Gasteiger partial charge on any atom is -0.261 e. The van der Waals surface area contributed by atoms with Gasteiger partial charge in [0.05, 0.1) is 5.75 Å². The zero-order valence-corrected chi connectivity index (χ0v) is 10.5. The zero-order valence-electron chi connectivity index (χ0n) is 8.83. The Labute approximate surface area is 98.6 Å². The number of aromatic amines is 1. The van der Waals surface area contributed by atoms with Gasteiger partial charge in [-0.3, -0.25) is 5.10 Å². The first-order chi connectivity index (χ1) is 7.81. The average molecular weight is 280 g/mol. The fourth-order valence-corrected chi connectivity index (χ4v) is 4.05. The normalized spacial score (nSPS) is 24.6. The highest BCUT2D eigenvalue weighted by atomic mass is 32.2. The number of hydrogen-bond acceptors (Lipinski definition) is 6. The Balaban J connectivity index is 2.38. The number of primary sulfonamides is 1. The molecule has 1 fully saturated rings. The predicted molar refractivity (Wildman–Crippen MR) is 58.1 cm³/mol. The number of nitrogens with two attached hydrogens (primary N) is 1. The SMILES string of the molecule is NS(=O)(=O)c1n[nH]c(C2CCCCS2(=O)=O)n1. The van der Waals surface area contributed by atoms with Gasteiger partial charge in [-0.2, -0.15) is 4.98 Å². The Bertz CT molecular complexity index is 618. The van der Waals surface area contributed by atoms with E-state index in [1.54, 1.807) is 0 Å². The van der Waals surface area contributed by atoms with Gasteiger partial charge in [0.2, 0.25) is 0 Å².